The first-order valence-electron chi connectivity index (χ1n) is 4.71. The molecule has 0 spiro atoms. The first kappa shape index (κ1) is 9.54. The molecule has 15 heavy (non-hydrogen) atoms. The van der Waals surface area contributed by atoms with E-state index in [4.69, 9.17) is 0 Å². The zero-order valence-corrected chi connectivity index (χ0v) is 8.35. The third-order valence-corrected chi connectivity index (χ3v) is 2.01. The van der Waals surface area contributed by atoms with Gasteiger partial charge in [0.05, 0.1) is 12.9 Å². The Morgan fingerprint density at radius 3 is 2.73 bits per heavy atom. The summed E-state index contributed by atoms with van der Waals surface area (Å²) in [7, 11) is 0. The van der Waals surface area contributed by atoms with Crippen LogP contribution < -0.4 is 0 Å². The van der Waals surface area contributed by atoms with Crippen LogP contribution in [0.3, 0.4) is 0 Å². The molecular weight excluding hydrogens is 184 g/mol. The monoisotopic (exact) mass is 195 g/mol. The van der Waals surface area contributed by atoms with Gasteiger partial charge in [0.15, 0.2) is 0 Å². The SMILES string of the molecule is [CH2]c1ccc(C#CCn2ccnc2)cc1. The lowest BCUT2D eigenvalue weighted by Gasteiger charge is -1.92. The van der Waals surface area contributed by atoms with Gasteiger partial charge in [0, 0.05) is 18.0 Å². The highest BCUT2D eigenvalue weighted by atomic mass is 15.0. The van der Waals surface area contributed by atoms with Crippen LogP contribution in [0, 0.1) is 18.8 Å². The van der Waals surface area contributed by atoms with Crippen LogP contribution in [0.15, 0.2) is 43.0 Å². The van der Waals surface area contributed by atoms with Crippen molar-refractivity contribution in [3.8, 4) is 11.8 Å². The zero-order valence-electron chi connectivity index (χ0n) is 8.35. The normalized spacial score (nSPS) is 9.40. The Kier molecular flexibility index (Phi) is 2.85. The van der Waals surface area contributed by atoms with Crippen LogP contribution in [0.25, 0.3) is 0 Å². The van der Waals surface area contributed by atoms with E-state index in [1.165, 1.54) is 0 Å². The summed E-state index contributed by atoms with van der Waals surface area (Å²) in [5, 5.41) is 0. The van der Waals surface area contributed by atoms with Crippen molar-refractivity contribution >= 4 is 0 Å². The van der Waals surface area contributed by atoms with Crippen LogP contribution in [-0.4, -0.2) is 9.55 Å². The maximum Gasteiger partial charge on any atom is 0.0954 e. The number of rotatable bonds is 1. The number of hydrogen-bond acceptors (Lipinski definition) is 1. The molecule has 0 aliphatic rings. The lowest BCUT2D eigenvalue weighted by molar-refractivity contribution is 0.840. The summed E-state index contributed by atoms with van der Waals surface area (Å²) in [4.78, 5) is 3.95. The van der Waals surface area contributed by atoms with E-state index in [1.807, 2.05) is 35.0 Å². The van der Waals surface area contributed by atoms with Crippen LogP contribution in [0.4, 0.5) is 0 Å². The molecule has 0 bridgehead atoms. The van der Waals surface area contributed by atoms with Crippen LogP contribution in [-0.2, 0) is 6.54 Å². The summed E-state index contributed by atoms with van der Waals surface area (Å²) in [5.41, 5.74) is 2.03. The molecule has 1 heterocycles. The van der Waals surface area contributed by atoms with Gasteiger partial charge in [0.1, 0.15) is 0 Å². The van der Waals surface area contributed by atoms with E-state index in [1.54, 1.807) is 12.5 Å². The first-order chi connectivity index (χ1) is 7.34. The third kappa shape index (κ3) is 2.72. The quantitative estimate of drug-likeness (QED) is 0.637. The topological polar surface area (TPSA) is 17.8 Å². The first-order valence-corrected chi connectivity index (χ1v) is 4.71. The molecule has 2 nitrogen and oxygen atoms in total. The molecule has 73 valence electrons. The Morgan fingerprint density at radius 2 is 2.07 bits per heavy atom. The molecule has 0 aliphatic heterocycles. The number of imidazole rings is 1. The molecule has 0 unspecified atom stereocenters. The molecule has 2 rings (SSSR count). The number of aromatic nitrogens is 2. The lowest BCUT2D eigenvalue weighted by Crippen LogP contribution is -1.90. The van der Waals surface area contributed by atoms with Crippen LogP contribution in [0.5, 0.6) is 0 Å². The van der Waals surface area contributed by atoms with E-state index >= 15 is 0 Å². The van der Waals surface area contributed by atoms with E-state index in [0.29, 0.717) is 6.54 Å². The number of nitrogens with zero attached hydrogens (tertiary/aromatic N) is 2. The summed E-state index contributed by atoms with van der Waals surface area (Å²) in [6, 6.07) is 7.87. The van der Waals surface area contributed by atoms with Gasteiger partial charge in [-0.1, -0.05) is 24.0 Å². The number of benzene rings is 1. The molecule has 2 heteroatoms. The highest BCUT2D eigenvalue weighted by Crippen LogP contribution is 2.00. The van der Waals surface area contributed by atoms with Gasteiger partial charge in [-0.25, -0.2) is 4.98 Å². The molecule has 0 atom stereocenters. The standard InChI is InChI=1S/C13H11N2/c1-12-4-6-13(7-5-12)3-2-9-15-10-8-14-11-15/h4-8,10-11H,1,9H2. The predicted octanol–water partition coefficient (Wildman–Crippen LogP) is 2.12. The van der Waals surface area contributed by atoms with Gasteiger partial charge in [-0.3, -0.25) is 0 Å². The highest BCUT2D eigenvalue weighted by molar-refractivity contribution is 5.36. The minimum atomic E-state index is 0.673. The largest absolute Gasteiger partial charge is 0.326 e. The Bertz CT molecular complexity index is 469. The van der Waals surface area contributed by atoms with Gasteiger partial charge in [0.2, 0.25) is 0 Å². The van der Waals surface area contributed by atoms with Crippen molar-refractivity contribution in [2.45, 2.75) is 6.54 Å². The van der Waals surface area contributed by atoms with Gasteiger partial charge < -0.3 is 4.57 Å². The van der Waals surface area contributed by atoms with Crippen molar-refractivity contribution in [1.29, 1.82) is 0 Å². The van der Waals surface area contributed by atoms with Crippen molar-refractivity contribution < 1.29 is 0 Å². The number of hydrogen-bond donors (Lipinski definition) is 0. The molecule has 0 fully saturated rings. The van der Waals surface area contributed by atoms with Crippen LogP contribution in [0.1, 0.15) is 11.1 Å². The molecule has 0 saturated carbocycles. The predicted molar refractivity (Wildman–Crippen MR) is 60.0 cm³/mol. The van der Waals surface area contributed by atoms with Crippen LogP contribution in [0.2, 0.25) is 0 Å². The van der Waals surface area contributed by atoms with E-state index < -0.39 is 0 Å². The Labute approximate surface area is 89.6 Å². The fourth-order valence-corrected chi connectivity index (χ4v) is 1.20. The van der Waals surface area contributed by atoms with Crippen molar-refractivity contribution in [3.05, 3.63) is 61.0 Å². The van der Waals surface area contributed by atoms with Gasteiger partial charge in [-0.05, 0) is 24.6 Å². The van der Waals surface area contributed by atoms with Gasteiger partial charge in [-0.15, -0.1) is 0 Å². The van der Waals surface area contributed by atoms with Crippen LogP contribution >= 0.6 is 0 Å². The Hall–Kier alpha value is -2.01. The summed E-state index contributed by atoms with van der Waals surface area (Å²) in [5.74, 6) is 6.16. The fraction of sp³-hybridized carbons (Fsp3) is 0.0769. The minimum absolute atomic E-state index is 0.673. The summed E-state index contributed by atoms with van der Waals surface area (Å²) in [6.07, 6.45) is 5.40. The summed E-state index contributed by atoms with van der Waals surface area (Å²) >= 11 is 0. The third-order valence-electron chi connectivity index (χ3n) is 2.01. The molecule has 2 aromatic rings. The molecule has 0 amide bonds. The van der Waals surface area contributed by atoms with Crippen molar-refractivity contribution in [2.75, 3.05) is 0 Å². The van der Waals surface area contributed by atoms with E-state index in [2.05, 4.69) is 23.7 Å². The van der Waals surface area contributed by atoms with Gasteiger partial charge in [0.25, 0.3) is 0 Å². The van der Waals surface area contributed by atoms with E-state index in [0.717, 1.165) is 11.1 Å². The molecule has 0 N–H and O–H groups in total. The summed E-state index contributed by atoms with van der Waals surface area (Å²) < 4.78 is 1.93. The molecular formula is C13H11N2. The molecule has 1 aromatic carbocycles. The smallest absolute Gasteiger partial charge is 0.0954 e. The second-order valence-corrected chi connectivity index (χ2v) is 3.23. The highest BCUT2D eigenvalue weighted by Gasteiger charge is 1.86. The van der Waals surface area contributed by atoms with E-state index in [-0.39, 0.29) is 0 Å². The maximum absolute atomic E-state index is 3.95. The lowest BCUT2D eigenvalue weighted by atomic mass is 10.2. The average Bonchev–Trinajstić information content (AvgIpc) is 2.74. The molecule has 0 aliphatic carbocycles. The molecule has 0 saturated heterocycles. The van der Waals surface area contributed by atoms with E-state index in [9.17, 15) is 0 Å². The van der Waals surface area contributed by atoms with Crippen molar-refractivity contribution in [2.24, 2.45) is 0 Å². The van der Waals surface area contributed by atoms with Gasteiger partial charge >= 0.3 is 0 Å². The average molecular weight is 195 g/mol. The Morgan fingerprint density at radius 1 is 1.27 bits per heavy atom. The second kappa shape index (κ2) is 4.47. The molecule has 1 radical (unpaired) electrons. The maximum atomic E-state index is 3.95. The van der Waals surface area contributed by atoms with Crippen molar-refractivity contribution in [3.63, 3.8) is 0 Å². The Balaban J connectivity index is 2.03. The fourth-order valence-electron chi connectivity index (χ4n) is 1.20. The van der Waals surface area contributed by atoms with Gasteiger partial charge in [-0.2, -0.15) is 0 Å². The second-order valence-electron chi connectivity index (χ2n) is 3.23. The zero-order chi connectivity index (χ0) is 10.5. The summed E-state index contributed by atoms with van der Waals surface area (Å²) in [6.45, 7) is 4.49. The van der Waals surface area contributed by atoms with Crippen molar-refractivity contribution in [1.82, 2.24) is 9.55 Å². The minimum Gasteiger partial charge on any atom is -0.326 e. The molecule has 1 aromatic heterocycles.